The van der Waals surface area contributed by atoms with Crippen molar-refractivity contribution in [2.75, 3.05) is 26.2 Å². The zero-order chi connectivity index (χ0) is 10.6. The van der Waals surface area contributed by atoms with Crippen LogP contribution < -0.4 is 10.6 Å². The van der Waals surface area contributed by atoms with Crippen LogP contribution in [0.1, 0.15) is 20.8 Å². The van der Waals surface area contributed by atoms with Gasteiger partial charge in [-0.15, -0.1) is 12.4 Å². The topological polar surface area (TPSA) is 44.4 Å². The van der Waals surface area contributed by atoms with Crippen molar-refractivity contribution >= 4 is 18.3 Å². The van der Waals surface area contributed by atoms with E-state index < -0.39 is 0 Å². The predicted molar refractivity (Wildman–Crippen MR) is 64.4 cm³/mol. The summed E-state index contributed by atoms with van der Waals surface area (Å²) in [7, 11) is 0. The maximum Gasteiger partial charge on any atom is 0.234 e. The molecule has 2 atom stereocenters. The number of amides is 1. The number of rotatable bonds is 3. The Balaban J connectivity index is 0.00000196. The van der Waals surface area contributed by atoms with E-state index in [1.54, 1.807) is 0 Å². The van der Waals surface area contributed by atoms with Crippen molar-refractivity contribution in [2.45, 2.75) is 32.9 Å². The summed E-state index contributed by atoms with van der Waals surface area (Å²) in [5.74, 6) is 0.132. The second-order valence-electron chi connectivity index (χ2n) is 3.98. The lowest BCUT2D eigenvalue weighted by atomic mass is 10.1. The third-order valence-corrected chi connectivity index (χ3v) is 2.71. The number of carbonyl (C=O) groups excluding carboxylic acids is 1. The van der Waals surface area contributed by atoms with Crippen LogP contribution in [0, 0.1) is 0 Å². The number of piperazine rings is 1. The highest BCUT2D eigenvalue weighted by Gasteiger charge is 2.25. The molecule has 1 aliphatic rings. The fraction of sp³-hybridized carbons (Fsp3) is 0.900. The third kappa shape index (κ3) is 4.36. The van der Waals surface area contributed by atoms with Gasteiger partial charge in [0.15, 0.2) is 0 Å². The van der Waals surface area contributed by atoms with Crippen LogP contribution in [0.4, 0.5) is 0 Å². The van der Waals surface area contributed by atoms with Gasteiger partial charge in [-0.2, -0.15) is 0 Å². The van der Waals surface area contributed by atoms with Gasteiger partial charge in [-0.1, -0.05) is 0 Å². The zero-order valence-electron chi connectivity index (χ0n) is 9.75. The van der Waals surface area contributed by atoms with Crippen LogP contribution >= 0.6 is 12.4 Å². The fourth-order valence-corrected chi connectivity index (χ4v) is 1.90. The highest BCUT2D eigenvalue weighted by molar-refractivity contribution is 5.85. The Morgan fingerprint density at radius 2 is 1.93 bits per heavy atom. The molecule has 1 heterocycles. The molecule has 5 heteroatoms. The monoisotopic (exact) mass is 235 g/mol. The summed E-state index contributed by atoms with van der Waals surface area (Å²) in [6, 6.07) is 0.891. The molecule has 0 radical (unpaired) electrons. The van der Waals surface area contributed by atoms with E-state index in [0.717, 1.165) is 13.1 Å². The number of carbonyl (C=O) groups is 1. The van der Waals surface area contributed by atoms with Crippen molar-refractivity contribution in [3.05, 3.63) is 0 Å². The summed E-state index contributed by atoms with van der Waals surface area (Å²) in [6.07, 6.45) is 0. The number of hydrogen-bond acceptors (Lipinski definition) is 3. The van der Waals surface area contributed by atoms with Crippen LogP contribution in [0.2, 0.25) is 0 Å². The molecule has 1 aliphatic heterocycles. The van der Waals surface area contributed by atoms with Crippen molar-refractivity contribution in [2.24, 2.45) is 0 Å². The van der Waals surface area contributed by atoms with Crippen LogP contribution in [0.5, 0.6) is 0 Å². The molecule has 90 valence electrons. The lowest BCUT2D eigenvalue weighted by Gasteiger charge is -2.38. The van der Waals surface area contributed by atoms with Gasteiger partial charge in [-0.25, -0.2) is 0 Å². The second-order valence-corrected chi connectivity index (χ2v) is 3.98. The third-order valence-electron chi connectivity index (χ3n) is 2.71. The molecular formula is C10H22ClN3O. The van der Waals surface area contributed by atoms with Gasteiger partial charge >= 0.3 is 0 Å². The molecule has 15 heavy (non-hydrogen) atoms. The first-order valence-corrected chi connectivity index (χ1v) is 5.38. The predicted octanol–water partition coefficient (Wildman–Crippen LogP) is 0.227. The van der Waals surface area contributed by atoms with Crippen molar-refractivity contribution in [1.82, 2.24) is 15.5 Å². The Labute approximate surface area is 98.2 Å². The van der Waals surface area contributed by atoms with Crippen molar-refractivity contribution in [3.8, 4) is 0 Å². The molecule has 0 saturated carbocycles. The molecule has 1 amide bonds. The van der Waals surface area contributed by atoms with Gasteiger partial charge in [0.25, 0.3) is 0 Å². The minimum atomic E-state index is 0. The van der Waals surface area contributed by atoms with Crippen LogP contribution in [0.15, 0.2) is 0 Å². The van der Waals surface area contributed by atoms with Gasteiger partial charge < -0.3 is 10.6 Å². The van der Waals surface area contributed by atoms with Crippen LogP contribution in [0.25, 0.3) is 0 Å². The van der Waals surface area contributed by atoms with Crippen LogP contribution in [-0.4, -0.2) is 49.1 Å². The molecule has 4 nitrogen and oxygen atoms in total. The minimum Gasteiger partial charge on any atom is -0.355 e. The first-order valence-electron chi connectivity index (χ1n) is 5.38. The molecule has 0 aromatic heterocycles. The number of hydrogen-bond donors (Lipinski definition) is 2. The standard InChI is InChI=1S/C10H21N3O.ClH/c1-4-12-10(14)7-13-8(2)5-11-6-9(13)3;/h8-9,11H,4-7H2,1-3H3,(H,12,14);1H/t8-,9+;. The van der Waals surface area contributed by atoms with E-state index in [0.29, 0.717) is 25.2 Å². The van der Waals surface area contributed by atoms with E-state index in [1.807, 2.05) is 6.92 Å². The Kier molecular flexibility index (Phi) is 6.89. The fourth-order valence-electron chi connectivity index (χ4n) is 1.90. The Morgan fingerprint density at radius 3 is 2.40 bits per heavy atom. The molecule has 1 fully saturated rings. The van der Waals surface area contributed by atoms with Gasteiger partial charge in [-0.05, 0) is 20.8 Å². The van der Waals surface area contributed by atoms with E-state index in [2.05, 4.69) is 29.4 Å². The zero-order valence-corrected chi connectivity index (χ0v) is 10.6. The number of halogens is 1. The van der Waals surface area contributed by atoms with Crippen LogP contribution in [-0.2, 0) is 4.79 Å². The summed E-state index contributed by atoms with van der Waals surface area (Å²) in [5.41, 5.74) is 0. The lowest BCUT2D eigenvalue weighted by molar-refractivity contribution is -0.123. The Bertz CT molecular complexity index is 191. The number of nitrogens with one attached hydrogen (secondary N) is 2. The van der Waals surface area contributed by atoms with Crippen molar-refractivity contribution in [1.29, 1.82) is 0 Å². The molecule has 0 aromatic carbocycles. The summed E-state index contributed by atoms with van der Waals surface area (Å²) < 4.78 is 0. The average Bonchev–Trinajstić information content (AvgIpc) is 2.12. The highest BCUT2D eigenvalue weighted by atomic mass is 35.5. The Morgan fingerprint density at radius 1 is 1.40 bits per heavy atom. The quantitative estimate of drug-likeness (QED) is 0.736. The Hall–Kier alpha value is -0.320. The molecule has 0 spiro atoms. The van der Waals surface area contributed by atoms with E-state index >= 15 is 0 Å². The van der Waals surface area contributed by atoms with Gasteiger partial charge in [0.05, 0.1) is 6.54 Å². The minimum absolute atomic E-state index is 0. The van der Waals surface area contributed by atoms with Gasteiger partial charge in [-0.3, -0.25) is 9.69 Å². The van der Waals surface area contributed by atoms with E-state index in [9.17, 15) is 4.79 Å². The van der Waals surface area contributed by atoms with Crippen molar-refractivity contribution in [3.63, 3.8) is 0 Å². The SMILES string of the molecule is CCNC(=O)CN1[C@H](C)CNC[C@@H]1C.Cl. The number of likely N-dealkylation sites (N-methyl/N-ethyl adjacent to an activating group) is 1. The summed E-state index contributed by atoms with van der Waals surface area (Å²) in [4.78, 5) is 13.7. The largest absolute Gasteiger partial charge is 0.355 e. The van der Waals surface area contributed by atoms with Crippen LogP contribution in [0.3, 0.4) is 0 Å². The molecule has 0 aliphatic carbocycles. The average molecular weight is 236 g/mol. The molecule has 0 aromatic rings. The van der Waals surface area contributed by atoms with Gasteiger partial charge in [0.2, 0.25) is 5.91 Å². The molecular weight excluding hydrogens is 214 g/mol. The molecule has 1 rings (SSSR count). The lowest BCUT2D eigenvalue weighted by Crippen LogP contribution is -2.57. The molecule has 1 saturated heterocycles. The summed E-state index contributed by atoms with van der Waals surface area (Å²) in [6.45, 7) is 9.45. The maximum absolute atomic E-state index is 11.4. The maximum atomic E-state index is 11.4. The van der Waals surface area contributed by atoms with Gasteiger partial charge in [0, 0.05) is 31.7 Å². The van der Waals surface area contributed by atoms with E-state index in [-0.39, 0.29) is 18.3 Å². The molecule has 2 N–H and O–H groups in total. The second kappa shape index (κ2) is 7.04. The first kappa shape index (κ1) is 14.7. The van der Waals surface area contributed by atoms with Crippen molar-refractivity contribution < 1.29 is 4.79 Å². The van der Waals surface area contributed by atoms with E-state index in [1.165, 1.54) is 0 Å². The van der Waals surface area contributed by atoms with E-state index in [4.69, 9.17) is 0 Å². The highest BCUT2D eigenvalue weighted by Crippen LogP contribution is 2.08. The normalized spacial score (nSPS) is 26.9. The summed E-state index contributed by atoms with van der Waals surface area (Å²) >= 11 is 0. The smallest absolute Gasteiger partial charge is 0.234 e. The van der Waals surface area contributed by atoms with Gasteiger partial charge in [0.1, 0.15) is 0 Å². The summed E-state index contributed by atoms with van der Waals surface area (Å²) in [5, 5.41) is 6.18. The molecule has 0 unspecified atom stereocenters. The molecule has 0 bridgehead atoms. The number of nitrogens with zero attached hydrogens (tertiary/aromatic N) is 1. The first-order chi connectivity index (χ1) is 6.65.